The molecule has 0 rings (SSSR count). The average Bonchev–Trinajstić information content (AvgIpc) is 2.46. The molecule has 0 heterocycles. The standard InChI is InChI=1S/C19H38O3/c1-3-4-5-6-7-8-9-10-11-12-13-14-15-18(19(21)22)16-17(2)20/h17-18,20H,3-16H2,1-2H3,(H,21,22). The summed E-state index contributed by atoms with van der Waals surface area (Å²) in [5, 5.41) is 18.4. The molecule has 0 bridgehead atoms. The van der Waals surface area contributed by atoms with Gasteiger partial charge in [0.25, 0.3) is 0 Å². The first-order chi connectivity index (χ1) is 10.6. The maximum Gasteiger partial charge on any atom is 0.306 e. The zero-order valence-corrected chi connectivity index (χ0v) is 14.9. The molecule has 2 unspecified atom stereocenters. The lowest BCUT2D eigenvalue weighted by atomic mass is 9.95. The average molecular weight is 315 g/mol. The Hall–Kier alpha value is -0.570. The van der Waals surface area contributed by atoms with Crippen molar-refractivity contribution in [3.8, 4) is 0 Å². The van der Waals surface area contributed by atoms with Gasteiger partial charge in [0.15, 0.2) is 0 Å². The van der Waals surface area contributed by atoms with E-state index >= 15 is 0 Å². The molecule has 3 nitrogen and oxygen atoms in total. The lowest BCUT2D eigenvalue weighted by molar-refractivity contribution is -0.143. The second-order valence-corrected chi connectivity index (χ2v) is 6.80. The molecular formula is C19H38O3. The van der Waals surface area contributed by atoms with Crippen molar-refractivity contribution < 1.29 is 15.0 Å². The highest BCUT2D eigenvalue weighted by Gasteiger charge is 2.18. The van der Waals surface area contributed by atoms with Crippen molar-refractivity contribution in [1.29, 1.82) is 0 Å². The van der Waals surface area contributed by atoms with E-state index in [2.05, 4.69) is 6.92 Å². The van der Waals surface area contributed by atoms with E-state index in [9.17, 15) is 9.90 Å². The zero-order valence-electron chi connectivity index (χ0n) is 14.9. The molecule has 0 aliphatic carbocycles. The van der Waals surface area contributed by atoms with Gasteiger partial charge in [-0.3, -0.25) is 4.79 Å². The van der Waals surface area contributed by atoms with E-state index in [4.69, 9.17) is 5.11 Å². The van der Waals surface area contributed by atoms with Crippen LogP contribution in [0.1, 0.15) is 104 Å². The molecule has 0 fully saturated rings. The summed E-state index contributed by atoms with van der Waals surface area (Å²) in [5.74, 6) is -1.13. The van der Waals surface area contributed by atoms with Crippen LogP contribution in [0.4, 0.5) is 0 Å². The number of carboxylic acid groups (broad SMARTS) is 1. The third-order valence-electron chi connectivity index (χ3n) is 4.38. The van der Waals surface area contributed by atoms with Gasteiger partial charge in [-0.2, -0.15) is 0 Å². The third-order valence-corrected chi connectivity index (χ3v) is 4.38. The van der Waals surface area contributed by atoms with Crippen LogP contribution in [0.15, 0.2) is 0 Å². The minimum Gasteiger partial charge on any atom is -0.481 e. The SMILES string of the molecule is CCCCCCCCCCCCCCC(CC(C)O)C(=O)O. The number of hydrogen-bond donors (Lipinski definition) is 2. The maximum atomic E-state index is 11.1. The molecule has 22 heavy (non-hydrogen) atoms. The van der Waals surface area contributed by atoms with Crippen molar-refractivity contribution in [3.63, 3.8) is 0 Å². The molecule has 0 amide bonds. The Kier molecular flexibility index (Phi) is 14.9. The van der Waals surface area contributed by atoms with Crippen LogP contribution in [-0.4, -0.2) is 22.3 Å². The monoisotopic (exact) mass is 314 g/mol. The Labute approximate surface area is 137 Å². The number of aliphatic hydroxyl groups is 1. The number of carboxylic acids is 1. The molecule has 132 valence electrons. The number of hydrogen-bond acceptors (Lipinski definition) is 2. The Bertz CT molecular complexity index is 251. The molecule has 0 aliphatic rings. The van der Waals surface area contributed by atoms with Crippen LogP contribution in [0.5, 0.6) is 0 Å². The van der Waals surface area contributed by atoms with Crippen LogP contribution in [0.3, 0.4) is 0 Å². The lowest BCUT2D eigenvalue weighted by Crippen LogP contribution is -2.19. The van der Waals surface area contributed by atoms with Gasteiger partial charge in [0.1, 0.15) is 0 Å². The molecule has 0 aromatic carbocycles. The summed E-state index contributed by atoms with van der Waals surface area (Å²) in [6.45, 7) is 3.92. The van der Waals surface area contributed by atoms with Crippen LogP contribution in [0.25, 0.3) is 0 Å². The maximum absolute atomic E-state index is 11.1. The minimum atomic E-state index is -0.760. The first-order valence-electron chi connectivity index (χ1n) is 9.48. The number of aliphatic carboxylic acids is 1. The van der Waals surface area contributed by atoms with Gasteiger partial charge in [-0.1, -0.05) is 84.0 Å². The van der Waals surface area contributed by atoms with E-state index in [-0.39, 0.29) is 5.92 Å². The Morgan fingerprint density at radius 3 is 1.59 bits per heavy atom. The normalized spacial score (nSPS) is 14.0. The molecule has 0 saturated heterocycles. The fourth-order valence-corrected chi connectivity index (χ4v) is 2.99. The first kappa shape index (κ1) is 21.4. The van der Waals surface area contributed by atoms with Crippen LogP contribution < -0.4 is 0 Å². The highest BCUT2D eigenvalue weighted by atomic mass is 16.4. The molecule has 0 radical (unpaired) electrons. The van der Waals surface area contributed by atoms with E-state index in [1.807, 2.05) is 0 Å². The van der Waals surface area contributed by atoms with Crippen LogP contribution in [-0.2, 0) is 4.79 Å². The van der Waals surface area contributed by atoms with Crippen molar-refractivity contribution in [2.75, 3.05) is 0 Å². The van der Waals surface area contributed by atoms with E-state index in [0.29, 0.717) is 12.8 Å². The van der Waals surface area contributed by atoms with Crippen LogP contribution in [0, 0.1) is 5.92 Å². The van der Waals surface area contributed by atoms with Gasteiger partial charge in [-0.25, -0.2) is 0 Å². The van der Waals surface area contributed by atoms with Crippen molar-refractivity contribution in [1.82, 2.24) is 0 Å². The fourth-order valence-electron chi connectivity index (χ4n) is 2.99. The molecule has 3 heteroatoms. The fraction of sp³-hybridized carbons (Fsp3) is 0.947. The van der Waals surface area contributed by atoms with E-state index in [1.54, 1.807) is 6.92 Å². The van der Waals surface area contributed by atoms with Gasteiger partial charge < -0.3 is 10.2 Å². The van der Waals surface area contributed by atoms with Gasteiger partial charge in [0, 0.05) is 0 Å². The smallest absolute Gasteiger partial charge is 0.306 e. The summed E-state index contributed by atoms with van der Waals surface area (Å²) < 4.78 is 0. The number of carbonyl (C=O) groups is 1. The minimum absolute atomic E-state index is 0.372. The van der Waals surface area contributed by atoms with Gasteiger partial charge in [-0.05, 0) is 19.8 Å². The number of unbranched alkanes of at least 4 members (excludes halogenated alkanes) is 11. The summed E-state index contributed by atoms with van der Waals surface area (Å²) in [5.41, 5.74) is 0. The number of aliphatic hydroxyl groups excluding tert-OH is 1. The van der Waals surface area contributed by atoms with Crippen molar-refractivity contribution in [2.45, 2.75) is 110 Å². The molecule has 0 aliphatic heterocycles. The topological polar surface area (TPSA) is 57.5 Å². The van der Waals surface area contributed by atoms with Crippen molar-refractivity contribution in [3.05, 3.63) is 0 Å². The van der Waals surface area contributed by atoms with Crippen LogP contribution in [0.2, 0.25) is 0 Å². The van der Waals surface area contributed by atoms with Crippen molar-refractivity contribution in [2.24, 2.45) is 5.92 Å². The second-order valence-electron chi connectivity index (χ2n) is 6.80. The third kappa shape index (κ3) is 14.4. The molecular weight excluding hydrogens is 276 g/mol. The summed E-state index contributed by atoms with van der Waals surface area (Å²) in [4.78, 5) is 11.1. The highest BCUT2D eigenvalue weighted by molar-refractivity contribution is 5.69. The quantitative estimate of drug-likeness (QED) is 0.367. The summed E-state index contributed by atoms with van der Waals surface area (Å²) in [7, 11) is 0. The zero-order chi connectivity index (χ0) is 16.6. The predicted octanol–water partition coefficient (Wildman–Crippen LogP) is 5.55. The summed E-state index contributed by atoms with van der Waals surface area (Å²) >= 11 is 0. The van der Waals surface area contributed by atoms with Gasteiger partial charge in [0.2, 0.25) is 0 Å². The molecule has 0 aromatic heterocycles. The molecule has 0 spiro atoms. The molecule has 0 aromatic rings. The molecule has 2 atom stereocenters. The Morgan fingerprint density at radius 1 is 0.818 bits per heavy atom. The largest absolute Gasteiger partial charge is 0.481 e. The Morgan fingerprint density at radius 2 is 1.23 bits per heavy atom. The molecule has 2 N–H and O–H groups in total. The lowest BCUT2D eigenvalue weighted by Gasteiger charge is -2.13. The van der Waals surface area contributed by atoms with Crippen molar-refractivity contribution >= 4 is 5.97 Å². The van der Waals surface area contributed by atoms with E-state index < -0.39 is 12.1 Å². The van der Waals surface area contributed by atoms with Gasteiger partial charge in [0.05, 0.1) is 12.0 Å². The predicted molar refractivity (Wildman–Crippen MR) is 93.1 cm³/mol. The summed E-state index contributed by atoms with van der Waals surface area (Å²) in [6.07, 6.45) is 16.1. The van der Waals surface area contributed by atoms with E-state index in [0.717, 1.165) is 12.8 Å². The summed E-state index contributed by atoms with van der Waals surface area (Å²) in [6, 6.07) is 0. The van der Waals surface area contributed by atoms with E-state index in [1.165, 1.54) is 64.2 Å². The highest BCUT2D eigenvalue weighted by Crippen LogP contribution is 2.18. The first-order valence-corrected chi connectivity index (χ1v) is 9.48. The number of rotatable bonds is 16. The Balaban J connectivity index is 3.33. The molecule has 0 saturated carbocycles. The second kappa shape index (κ2) is 15.3. The van der Waals surface area contributed by atoms with Gasteiger partial charge in [-0.15, -0.1) is 0 Å². The van der Waals surface area contributed by atoms with Gasteiger partial charge >= 0.3 is 5.97 Å². The van der Waals surface area contributed by atoms with Crippen LogP contribution >= 0.6 is 0 Å².